The van der Waals surface area contributed by atoms with Gasteiger partial charge in [-0.25, -0.2) is 4.98 Å². The molecule has 1 aromatic carbocycles. The molecular formula is C19H15ClN4O2. The molecule has 0 saturated heterocycles. The zero-order chi connectivity index (χ0) is 17.7. The molecule has 1 atom stereocenters. The minimum atomic E-state index is -0.648. The van der Waals surface area contributed by atoms with Gasteiger partial charge in [-0.15, -0.1) is 0 Å². The Bertz CT molecular complexity index is 1100. The summed E-state index contributed by atoms with van der Waals surface area (Å²) in [6.45, 7) is 1.08. The minimum Gasteiger partial charge on any atom is -0.456 e. The predicted molar refractivity (Wildman–Crippen MR) is 98.7 cm³/mol. The Morgan fingerprint density at radius 2 is 1.92 bits per heavy atom. The van der Waals surface area contributed by atoms with Crippen LogP contribution in [0.4, 0.5) is 0 Å². The van der Waals surface area contributed by atoms with Crippen molar-refractivity contribution < 1.29 is 9.52 Å². The monoisotopic (exact) mass is 366 g/mol. The lowest BCUT2D eigenvalue weighted by Crippen LogP contribution is -2.29. The van der Waals surface area contributed by atoms with Crippen molar-refractivity contribution in [3.05, 3.63) is 58.9 Å². The van der Waals surface area contributed by atoms with Crippen LogP contribution in [0.25, 0.3) is 33.7 Å². The Balaban J connectivity index is 1.71. The number of hydrogen-bond donors (Lipinski definition) is 3. The number of furan rings is 1. The molecule has 0 amide bonds. The van der Waals surface area contributed by atoms with Crippen molar-refractivity contribution in [3.8, 4) is 22.6 Å². The van der Waals surface area contributed by atoms with Crippen LogP contribution in [-0.2, 0) is 6.54 Å². The van der Waals surface area contributed by atoms with Gasteiger partial charge in [-0.1, -0.05) is 11.6 Å². The topological polar surface area (TPSA) is 87.0 Å². The molecule has 4 aromatic rings. The Morgan fingerprint density at radius 1 is 1.12 bits per heavy atom. The van der Waals surface area contributed by atoms with Gasteiger partial charge in [0.05, 0.1) is 23.4 Å². The number of β-amino-alcohol motifs (C(OH)–C–C–N with tert-alkyl or cyclic N) is 1. The van der Waals surface area contributed by atoms with Crippen LogP contribution in [0.15, 0.2) is 47.0 Å². The lowest BCUT2D eigenvalue weighted by Gasteiger charge is -2.24. The van der Waals surface area contributed by atoms with E-state index in [1.165, 1.54) is 0 Å². The average Bonchev–Trinajstić information content (AvgIpc) is 3.30. The van der Waals surface area contributed by atoms with Crippen LogP contribution >= 0.6 is 11.6 Å². The molecule has 3 N–H and O–H groups in total. The minimum absolute atomic E-state index is 0.482. The number of halogens is 1. The molecule has 0 aliphatic carbocycles. The molecule has 3 aromatic heterocycles. The van der Waals surface area contributed by atoms with Gasteiger partial charge < -0.3 is 14.8 Å². The van der Waals surface area contributed by atoms with E-state index >= 15 is 0 Å². The number of aliphatic hydroxyl groups is 1. The summed E-state index contributed by atoms with van der Waals surface area (Å²) in [5.74, 6) is 1.42. The highest BCUT2D eigenvalue weighted by Gasteiger charge is 2.27. The first-order chi connectivity index (χ1) is 12.7. The van der Waals surface area contributed by atoms with Crippen LogP contribution in [-0.4, -0.2) is 26.8 Å². The highest BCUT2D eigenvalue weighted by molar-refractivity contribution is 6.30. The summed E-state index contributed by atoms with van der Waals surface area (Å²) in [6, 6.07) is 11.3. The fraction of sp³-hybridized carbons (Fsp3) is 0.158. The maximum Gasteiger partial charge on any atom is 0.156 e. The number of benzene rings is 1. The summed E-state index contributed by atoms with van der Waals surface area (Å²) in [5, 5.41) is 22.3. The molecule has 6 nitrogen and oxygen atoms in total. The number of pyridine rings is 1. The zero-order valence-corrected chi connectivity index (χ0v) is 14.4. The molecule has 5 rings (SSSR count). The molecule has 0 saturated carbocycles. The van der Waals surface area contributed by atoms with Gasteiger partial charge >= 0.3 is 0 Å². The van der Waals surface area contributed by atoms with Crippen LogP contribution in [0.2, 0.25) is 5.02 Å². The van der Waals surface area contributed by atoms with Crippen LogP contribution in [0, 0.1) is 0 Å². The molecule has 0 radical (unpaired) electrons. The molecule has 7 heteroatoms. The number of aromatic nitrogens is 3. The number of nitrogens with zero attached hydrogens (tertiary/aromatic N) is 2. The van der Waals surface area contributed by atoms with E-state index in [9.17, 15) is 5.11 Å². The number of H-pyrrole nitrogens is 1. The maximum absolute atomic E-state index is 10.6. The molecular weight excluding hydrogens is 352 g/mol. The standard InChI is InChI=1S/C19H15ClN4O2/c20-11-3-1-10(2-4-11)15-5-6-16(26-15)17-12-7-22-24-19(12)23-13-8-21-9-14(25)18(13)17/h1-7,14,21,25H,8-9H2,(H,22,23,24). The zero-order valence-electron chi connectivity index (χ0n) is 13.7. The lowest BCUT2D eigenvalue weighted by atomic mass is 9.94. The first kappa shape index (κ1) is 15.6. The second-order valence-electron chi connectivity index (χ2n) is 6.30. The molecule has 26 heavy (non-hydrogen) atoms. The second-order valence-corrected chi connectivity index (χ2v) is 6.73. The summed E-state index contributed by atoms with van der Waals surface area (Å²) in [6.07, 6.45) is 1.07. The van der Waals surface area contributed by atoms with E-state index in [0.717, 1.165) is 33.5 Å². The number of hydrogen-bond acceptors (Lipinski definition) is 5. The molecule has 0 bridgehead atoms. The quantitative estimate of drug-likeness (QED) is 0.504. The first-order valence-corrected chi connectivity index (χ1v) is 8.69. The van der Waals surface area contributed by atoms with Crippen molar-refractivity contribution in [3.63, 3.8) is 0 Å². The average molecular weight is 367 g/mol. The molecule has 1 aliphatic rings. The number of fused-ring (bicyclic) bond motifs is 2. The largest absolute Gasteiger partial charge is 0.456 e. The Labute approximate surface area is 153 Å². The number of aliphatic hydroxyl groups excluding tert-OH is 1. The molecule has 0 fully saturated rings. The summed E-state index contributed by atoms with van der Waals surface area (Å²) < 4.78 is 6.14. The third-order valence-electron chi connectivity index (χ3n) is 4.66. The van der Waals surface area contributed by atoms with Gasteiger partial charge in [0.1, 0.15) is 11.5 Å². The van der Waals surface area contributed by atoms with Gasteiger partial charge in [-0.05, 0) is 36.4 Å². The van der Waals surface area contributed by atoms with E-state index in [1.54, 1.807) is 6.20 Å². The van der Waals surface area contributed by atoms with Gasteiger partial charge in [-0.3, -0.25) is 5.10 Å². The number of rotatable bonds is 2. The van der Waals surface area contributed by atoms with Crippen LogP contribution < -0.4 is 5.32 Å². The fourth-order valence-corrected chi connectivity index (χ4v) is 3.59. The van der Waals surface area contributed by atoms with Crippen LogP contribution in [0.3, 0.4) is 0 Å². The van der Waals surface area contributed by atoms with E-state index < -0.39 is 6.10 Å². The number of nitrogens with one attached hydrogen (secondary N) is 2. The Morgan fingerprint density at radius 3 is 2.77 bits per heavy atom. The molecule has 1 unspecified atom stereocenters. The van der Waals surface area contributed by atoms with E-state index in [4.69, 9.17) is 16.0 Å². The Kier molecular flexibility index (Phi) is 3.56. The lowest BCUT2D eigenvalue weighted by molar-refractivity contribution is 0.164. The van der Waals surface area contributed by atoms with Crippen molar-refractivity contribution in [2.24, 2.45) is 0 Å². The predicted octanol–water partition coefficient (Wildman–Crippen LogP) is 3.67. The summed E-state index contributed by atoms with van der Waals surface area (Å²) >= 11 is 5.97. The molecule has 0 spiro atoms. The summed E-state index contributed by atoms with van der Waals surface area (Å²) in [7, 11) is 0. The van der Waals surface area contributed by atoms with Crippen molar-refractivity contribution in [1.29, 1.82) is 0 Å². The smallest absolute Gasteiger partial charge is 0.156 e. The second kappa shape index (κ2) is 5.95. The number of aromatic amines is 1. The highest BCUT2D eigenvalue weighted by Crippen LogP contribution is 2.39. The van der Waals surface area contributed by atoms with E-state index in [1.807, 2.05) is 36.4 Å². The Hall–Kier alpha value is -2.67. The third kappa shape index (κ3) is 2.42. The van der Waals surface area contributed by atoms with E-state index in [0.29, 0.717) is 29.5 Å². The first-order valence-electron chi connectivity index (χ1n) is 8.31. The molecule has 4 heterocycles. The summed E-state index contributed by atoms with van der Waals surface area (Å²) in [4.78, 5) is 4.59. The maximum atomic E-state index is 10.6. The normalized spacial score (nSPS) is 16.8. The van der Waals surface area contributed by atoms with Crippen molar-refractivity contribution in [2.45, 2.75) is 12.6 Å². The SMILES string of the molecule is OC1CNCc2nc3[nH]ncc3c(-c3ccc(-c4ccc(Cl)cc4)o3)c21. The molecule has 130 valence electrons. The summed E-state index contributed by atoms with van der Waals surface area (Å²) in [5.41, 5.74) is 4.07. The highest BCUT2D eigenvalue weighted by atomic mass is 35.5. The van der Waals surface area contributed by atoms with Gasteiger partial charge in [0.15, 0.2) is 5.65 Å². The van der Waals surface area contributed by atoms with E-state index in [2.05, 4.69) is 20.5 Å². The van der Waals surface area contributed by atoms with Crippen LogP contribution in [0.5, 0.6) is 0 Å². The molecule has 1 aliphatic heterocycles. The van der Waals surface area contributed by atoms with Crippen molar-refractivity contribution in [1.82, 2.24) is 20.5 Å². The fourth-order valence-electron chi connectivity index (χ4n) is 3.46. The van der Waals surface area contributed by atoms with Gasteiger partial charge in [0, 0.05) is 34.8 Å². The third-order valence-corrected chi connectivity index (χ3v) is 4.91. The van der Waals surface area contributed by atoms with Crippen molar-refractivity contribution >= 4 is 22.6 Å². The van der Waals surface area contributed by atoms with Crippen LogP contribution in [0.1, 0.15) is 17.4 Å². The van der Waals surface area contributed by atoms with E-state index in [-0.39, 0.29) is 0 Å². The van der Waals surface area contributed by atoms with Crippen molar-refractivity contribution in [2.75, 3.05) is 6.54 Å². The van der Waals surface area contributed by atoms with Gasteiger partial charge in [-0.2, -0.15) is 5.10 Å². The van der Waals surface area contributed by atoms with Gasteiger partial charge in [0.25, 0.3) is 0 Å². The van der Waals surface area contributed by atoms with Gasteiger partial charge in [0.2, 0.25) is 0 Å².